The normalized spacial score (nSPS) is 12.2. The van der Waals surface area contributed by atoms with E-state index in [1.165, 1.54) is 36.5 Å². The van der Waals surface area contributed by atoms with Gasteiger partial charge in [0, 0.05) is 48.0 Å². The molecule has 206 valence electrons. The molecule has 10 rings (SSSR count). The van der Waals surface area contributed by atoms with Crippen molar-refractivity contribution in [3.05, 3.63) is 133 Å². The molecule has 0 bridgehead atoms. The van der Waals surface area contributed by atoms with Crippen LogP contribution in [0.5, 0.6) is 0 Å². The predicted octanol–water partition coefficient (Wildman–Crippen LogP) is 11.6. The van der Waals surface area contributed by atoms with Gasteiger partial charge in [-0.25, -0.2) is 4.98 Å². The number of hydrogen-bond donors (Lipinski definition) is 0. The molecule has 6 aromatic carbocycles. The second-order valence-corrected chi connectivity index (χ2v) is 12.6. The van der Waals surface area contributed by atoms with Gasteiger partial charge in [-0.05, 0) is 54.4 Å². The van der Waals surface area contributed by atoms with E-state index >= 15 is 0 Å². The van der Waals surface area contributed by atoms with Gasteiger partial charge < -0.3 is 4.42 Å². The van der Waals surface area contributed by atoms with Crippen molar-refractivity contribution in [1.29, 1.82) is 0 Å². The summed E-state index contributed by atoms with van der Waals surface area (Å²) in [5, 5.41) is 8.33. The third kappa shape index (κ3) is 3.13. The quantitative estimate of drug-likeness (QED) is 0.204. The summed E-state index contributed by atoms with van der Waals surface area (Å²) in [6.45, 7) is 2.25. The second kappa shape index (κ2) is 8.79. The van der Waals surface area contributed by atoms with Crippen LogP contribution in [0.4, 0.5) is 0 Å². The number of para-hydroxylation sites is 4. The summed E-state index contributed by atoms with van der Waals surface area (Å²) in [6.07, 6.45) is 0. The van der Waals surface area contributed by atoms with Crippen LogP contribution < -0.4 is 0 Å². The van der Waals surface area contributed by atoms with Gasteiger partial charge in [0.15, 0.2) is 5.58 Å². The number of nitrogens with zero attached hydrogens (tertiary/aromatic N) is 2. The molecule has 4 aromatic heterocycles. The summed E-state index contributed by atoms with van der Waals surface area (Å²) in [4.78, 5) is 5.49. The van der Waals surface area contributed by atoms with Crippen molar-refractivity contribution in [3.8, 4) is 16.9 Å². The zero-order valence-corrected chi connectivity index (χ0v) is 24.7. The van der Waals surface area contributed by atoms with Crippen molar-refractivity contribution in [2.24, 2.45) is 0 Å². The van der Waals surface area contributed by atoms with Gasteiger partial charge in [-0.15, -0.1) is 11.3 Å². The number of aromatic nitrogens is 2. The van der Waals surface area contributed by atoms with Crippen molar-refractivity contribution in [2.45, 2.75) is 6.92 Å². The molecule has 0 saturated carbocycles. The van der Waals surface area contributed by atoms with Gasteiger partial charge in [-0.1, -0.05) is 91.0 Å². The minimum Gasteiger partial charge on any atom is -0.455 e. The standard InChI is InChI=1S/C40H24N2OS/c1-23-24-12-2-7-17-31(24)41-40(42-32-18-8-3-13-25(32)26-14-4-9-19-33(26)42)36(23)30-22-29-27-15-6-11-21-35(27)44-39(29)38-37(30)28-16-5-10-20-34(28)43-38/h2-22H,1H3. The number of hydrogen-bond acceptors (Lipinski definition) is 3. The van der Waals surface area contributed by atoms with Crippen LogP contribution in [0, 0.1) is 6.92 Å². The summed E-state index contributed by atoms with van der Waals surface area (Å²) in [5.41, 5.74) is 8.61. The van der Waals surface area contributed by atoms with E-state index in [0.717, 1.165) is 60.8 Å². The molecule has 44 heavy (non-hydrogen) atoms. The van der Waals surface area contributed by atoms with Crippen molar-refractivity contribution in [1.82, 2.24) is 9.55 Å². The van der Waals surface area contributed by atoms with E-state index in [9.17, 15) is 0 Å². The molecule has 0 saturated heterocycles. The highest BCUT2D eigenvalue weighted by molar-refractivity contribution is 7.26. The van der Waals surface area contributed by atoms with Gasteiger partial charge in [0.1, 0.15) is 11.4 Å². The maximum atomic E-state index is 6.74. The molecule has 0 aliphatic rings. The molecule has 4 heteroatoms. The average molecular weight is 581 g/mol. The Labute approximate surface area is 256 Å². The Morgan fingerprint density at radius 3 is 2.00 bits per heavy atom. The molecule has 3 nitrogen and oxygen atoms in total. The summed E-state index contributed by atoms with van der Waals surface area (Å²) in [5.74, 6) is 0.934. The van der Waals surface area contributed by atoms with Gasteiger partial charge in [-0.3, -0.25) is 4.57 Å². The van der Waals surface area contributed by atoms with Gasteiger partial charge in [-0.2, -0.15) is 0 Å². The molecular weight excluding hydrogens is 557 g/mol. The molecule has 0 aliphatic carbocycles. The highest BCUT2D eigenvalue weighted by Gasteiger charge is 2.25. The van der Waals surface area contributed by atoms with Crippen LogP contribution in [0.2, 0.25) is 0 Å². The lowest BCUT2D eigenvalue weighted by molar-refractivity contribution is 0.673. The lowest BCUT2D eigenvalue weighted by Crippen LogP contribution is -2.04. The van der Waals surface area contributed by atoms with Crippen LogP contribution in [0.25, 0.3) is 91.8 Å². The highest BCUT2D eigenvalue weighted by Crippen LogP contribution is 2.49. The number of pyridine rings is 1. The first-order valence-electron chi connectivity index (χ1n) is 14.9. The van der Waals surface area contributed by atoms with Gasteiger partial charge in [0.2, 0.25) is 0 Å². The Hall–Kier alpha value is -5.45. The fraction of sp³-hybridized carbons (Fsp3) is 0.0250. The van der Waals surface area contributed by atoms with Gasteiger partial charge in [0.05, 0.1) is 21.3 Å². The first kappa shape index (κ1) is 24.0. The molecule has 10 aromatic rings. The fourth-order valence-corrected chi connectivity index (χ4v) is 8.43. The fourth-order valence-electron chi connectivity index (χ4n) is 7.26. The Kier molecular flexibility index (Phi) is 4.80. The third-order valence-electron chi connectivity index (χ3n) is 9.19. The van der Waals surface area contributed by atoms with Crippen molar-refractivity contribution >= 4 is 86.2 Å². The maximum absolute atomic E-state index is 6.74. The minimum absolute atomic E-state index is 0.901. The largest absolute Gasteiger partial charge is 0.455 e. The molecule has 0 fully saturated rings. The van der Waals surface area contributed by atoms with Crippen LogP contribution in [0.1, 0.15) is 5.56 Å². The van der Waals surface area contributed by atoms with Crippen LogP contribution in [-0.4, -0.2) is 9.55 Å². The number of rotatable bonds is 2. The number of furan rings is 1. The van der Waals surface area contributed by atoms with Crippen LogP contribution in [0.3, 0.4) is 0 Å². The van der Waals surface area contributed by atoms with E-state index in [-0.39, 0.29) is 0 Å². The summed E-state index contributed by atoms with van der Waals surface area (Å²) in [7, 11) is 0. The number of fused-ring (bicyclic) bond motifs is 11. The van der Waals surface area contributed by atoms with E-state index in [0.29, 0.717) is 0 Å². The smallest absolute Gasteiger partial charge is 0.153 e. The SMILES string of the molecule is Cc1c(-c2cc3c4ccccc4sc3c3oc4ccccc4c23)c(-n2c3ccccc3c3ccccc32)nc2ccccc12. The van der Waals surface area contributed by atoms with Crippen molar-refractivity contribution < 1.29 is 4.42 Å². The summed E-state index contributed by atoms with van der Waals surface area (Å²) < 4.78 is 11.6. The predicted molar refractivity (Wildman–Crippen MR) is 186 cm³/mol. The van der Waals surface area contributed by atoms with Crippen molar-refractivity contribution in [2.75, 3.05) is 0 Å². The highest BCUT2D eigenvalue weighted by atomic mass is 32.1. The Bertz CT molecular complexity index is 2740. The zero-order chi connectivity index (χ0) is 28.9. The van der Waals surface area contributed by atoms with Crippen LogP contribution >= 0.6 is 11.3 Å². The third-order valence-corrected chi connectivity index (χ3v) is 10.4. The maximum Gasteiger partial charge on any atom is 0.153 e. The lowest BCUT2D eigenvalue weighted by atomic mass is 9.92. The number of benzene rings is 6. The molecule has 0 radical (unpaired) electrons. The molecule has 0 spiro atoms. The average Bonchev–Trinajstić information content (AvgIpc) is 3.74. The first-order valence-corrected chi connectivity index (χ1v) is 15.7. The van der Waals surface area contributed by atoms with Gasteiger partial charge >= 0.3 is 0 Å². The lowest BCUT2D eigenvalue weighted by Gasteiger charge is -2.18. The molecule has 0 atom stereocenters. The summed E-state index contributed by atoms with van der Waals surface area (Å²) in [6, 6.07) is 45.4. The molecule has 4 heterocycles. The molecule has 0 amide bonds. The Balaban J connectivity index is 1.47. The first-order chi connectivity index (χ1) is 21.8. The monoisotopic (exact) mass is 580 g/mol. The van der Waals surface area contributed by atoms with Crippen LogP contribution in [0.15, 0.2) is 132 Å². The zero-order valence-electron chi connectivity index (χ0n) is 23.8. The van der Waals surface area contributed by atoms with E-state index in [1.807, 2.05) is 11.3 Å². The Morgan fingerprint density at radius 1 is 0.614 bits per heavy atom. The molecule has 0 N–H and O–H groups in total. The minimum atomic E-state index is 0.901. The number of thiophene rings is 1. The van der Waals surface area contributed by atoms with Gasteiger partial charge in [0.25, 0.3) is 0 Å². The van der Waals surface area contributed by atoms with E-state index in [2.05, 4.69) is 139 Å². The molecule has 0 unspecified atom stereocenters. The second-order valence-electron chi connectivity index (χ2n) is 11.5. The number of aryl methyl sites for hydroxylation is 1. The molecular formula is C40H24N2OS. The van der Waals surface area contributed by atoms with E-state index in [1.54, 1.807) is 0 Å². The topological polar surface area (TPSA) is 31.0 Å². The summed E-state index contributed by atoms with van der Waals surface area (Å²) >= 11 is 1.81. The molecule has 0 aliphatic heterocycles. The van der Waals surface area contributed by atoms with Crippen molar-refractivity contribution in [3.63, 3.8) is 0 Å². The van der Waals surface area contributed by atoms with E-state index < -0.39 is 0 Å². The van der Waals surface area contributed by atoms with Crippen LogP contribution in [-0.2, 0) is 0 Å². The van der Waals surface area contributed by atoms with E-state index in [4.69, 9.17) is 9.40 Å². The Morgan fingerprint density at radius 2 is 1.23 bits per heavy atom.